The van der Waals surface area contributed by atoms with Gasteiger partial charge in [-0.1, -0.05) is 25.1 Å². The van der Waals surface area contributed by atoms with Gasteiger partial charge in [-0.25, -0.2) is 4.79 Å². The van der Waals surface area contributed by atoms with Gasteiger partial charge in [0, 0.05) is 11.7 Å². The minimum Gasteiger partial charge on any atom is -0.481 e. The van der Waals surface area contributed by atoms with E-state index in [2.05, 4.69) is 10.6 Å². The number of benzene rings is 1. The molecule has 0 aliphatic rings. The van der Waals surface area contributed by atoms with Crippen LogP contribution in [-0.2, 0) is 11.2 Å². The molecule has 5 nitrogen and oxygen atoms in total. The molecular weight excluding hydrogens is 244 g/mol. The monoisotopic (exact) mass is 264 g/mol. The van der Waals surface area contributed by atoms with Crippen molar-refractivity contribution in [2.24, 2.45) is 5.92 Å². The van der Waals surface area contributed by atoms with Gasteiger partial charge >= 0.3 is 12.0 Å². The van der Waals surface area contributed by atoms with Crippen molar-refractivity contribution in [3.63, 3.8) is 0 Å². The average molecular weight is 264 g/mol. The fourth-order valence-electron chi connectivity index (χ4n) is 1.65. The highest BCUT2D eigenvalue weighted by Gasteiger charge is 2.21. The van der Waals surface area contributed by atoms with E-state index in [1.165, 1.54) is 0 Å². The largest absolute Gasteiger partial charge is 0.481 e. The molecular formula is C14H20N2O3. The summed E-state index contributed by atoms with van der Waals surface area (Å²) in [6, 6.07) is 6.70. The molecule has 1 rings (SSSR count). The predicted molar refractivity (Wildman–Crippen MR) is 74.2 cm³/mol. The molecule has 0 saturated carbocycles. The summed E-state index contributed by atoms with van der Waals surface area (Å²) in [6.45, 7) is 5.24. The van der Waals surface area contributed by atoms with Crippen LogP contribution in [0.3, 0.4) is 0 Å². The smallest absolute Gasteiger partial charge is 0.319 e. The minimum absolute atomic E-state index is 0.387. The Balaban J connectivity index is 2.63. The first kappa shape index (κ1) is 15.0. The number of anilines is 1. The number of aliphatic carboxylic acids is 1. The molecule has 0 radical (unpaired) electrons. The lowest BCUT2D eigenvalue weighted by Gasteiger charge is -2.18. The van der Waals surface area contributed by atoms with Gasteiger partial charge in [-0.15, -0.1) is 0 Å². The van der Waals surface area contributed by atoms with Crippen LogP contribution in [0.4, 0.5) is 10.5 Å². The van der Waals surface area contributed by atoms with Crippen LogP contribution in [-0.4, -0.2) is 23.1 Å². The molecule has 5 heteroatoms. The van der Waals surface area contributed by atoms with Gasteiger partial charge in [-0.3, -0.25) is 4.79 Å². The number of aryl methyl sites for hydroxylation is 1. The van der Waals surface area contributed by atoms with Crippen molar-refractivity contribution < 1.29 is 14.7 Å². The van der Waals surface area contributed by atoms with Gasteiger partial charge in [0.15, 0.2) is 0 Å². The van der Waals surface area contributed by atoms with Crippen molar-refractivity contribution in [1.82, 2.24) is 5.32 Å². The summed E-state index contributed by atoms with van der Waals surface area (Å²) in [5.41, 5.74) is 1.79. The van der Waals surface area contributed by atoms with Crippen LogP contribution in [0.5, 0.6) is 0 Å². The molecule has 0 heterocycles. The molecule has 0 fully saturated rings. The number of nitrogens with one attached hydrogen (secondary N) is 2. The van der Waals surface area contributed by atoms with Crippen LogP contribution in [0, 0.1) is 5.92 Å². The molecule has 0 bridgehead atoms. The van der Waals surface area contributed by atoms with Gasteiger partial charge in [-0.2, -0.15) is 0 Å². The number of hydrogen-bond acceptors (Lipinski definition) is 2. The Morgan fingerprint density at radius 3 is 2.47 bits per heavy atom. The molecule has 0 saturated heterocycles. The number of carboxylic acid groups (broad SMARTS) is 1. The molecule has 0 aromatic heterocycles. The maximum absolute atomic E-state index is 11.8. The first-order valence-electron chi connectivity index (χ1n) is 6.34. The second-order valence-electron chi connectivity index (χ2n) is 4.52. The number of para-hydroxylation sites is 1. The molecule has 0 spiro atoms. The van der Waals surface area contributed by atoms with Crippen LogP contribution in [0.2, 0.25) is 0 Å². The van der Waals surface area contributed by atoms with Gasteiger partial charge in [-0.05, 0) is 31.9 Å². The van der Waals surface area contributed by atoms with Crippen LogP contribution >= 0.6 is 0 Å². The average Bonchev–Trinajstić information content (AvgIpc) is 2.38. The number of urea groups is 1. The zero-order chi connectivity index (χ0) is 14.4. The van der Waals surface area contributed by atoms with E-state index in [4.69, 9.17) is 5.11 Å². The van der Waals surface area contributed by atoms with E-state index < -0.39 is 17.9 Å². The normalized spacial score (nSPS) is 13.4. The van der Waals surface area contributed by atoms with Gasteiger partial charge < -0.3 is 15.7 Å². The van der Waals surface area contributed by atoms with E-state index in [0.717, 1.165) is 17.7 Å². The van der Waals surface area contributed by atoms with Crippen LogP contribution in [0.1, 0.15) is 26.3 Å². The number of carbonyl (C=O) groups is 2. The second kappa shape index (κ2) is 6.78. The highest BCUT2D eigenvalue weighted by Crippen LogP contribution is 2.15. The summed E-state index contributed by atoms with van der Waals surface area (Å²) in [7, 11) is 0. The Kier molecular flexibility index (Phi) is 5.36. The number of rotatable bonds is 5. The summed E-state index contributed by atoms with van der Waals surface area (Å²) < 4.78 is 0. The van der Waals surface area contributed by atoms with E-state index in [-0.39, 0.29) is 6.03 Å². The van der Waals surface area contributed by atoms with Gasteiger partial charge in [0.2, 0.25) is 0 Å². The molecule has 1 aromatic carbocycles. The summed E-state index contributed by atoms with van der Waals surface area (Å²) >= 11 is 0. The quantitative estimate of drug-likeness (QED) is 0.764. The maximum Gasteiger partial charge on any atom is 0.319 e. The Labute approximate surface area is 113 Å². The Hall–Kier alpha value is -2.04. The molecule has 0 aliphatic heterocycles. The molecule has 2 atom stereocenters. The Morgan fingerprint density at radius 1 is 1.26 bits per heavy atom. The minimum atomic E-state index is -0.929. The topological polar surface area (TPSA) is 78.4 Å². The number of carboxylic acids is 1. The van der Waals surface area contributed by atoms with E-state index in [0.29, 0.717) is 0 Å². The number of amides is 2. The molecule has 3 N–H and O–H groups in total. The molecule has 104 valence electrons. The van der Waals surface area contributed by atoms with Crippen molar-refractivity contribution in [1.29, 1.82) is 0 Å². The fraction of sp³-hybridized carbons (Fsp3) is 0.429. The van der Waals surface area contributed by atoms with E-state index in [1.54, 1.807) is 13.8 Å². The third kappa shape index (κ3) is 4.28. The van der Waals surface area contributed by atoms with Gasteiger partial charge in [0.25, 0.3) is 0 Å². The van der Waals surface area contributed by atoms with Gasteiger partial charge in [0.05, 0.1) is 5.92 Å². The van der Waals surface area contributed by atoms with Crippen molar-refractivity contribution in [2.45, 2.75) is 33.2 Å². The highest BCUT2D eigenvalue weighted by atomic mass is 16.4. The van der Waals surface area contributed by atoms with Crippen molar-refractivity contribution in [3.8, 4) is 0 Å². The van der Waals surface area contributed by atoms with Crippen molar-refractivity contribution in [2.75, 3.05) is 5.32 Å². The fourth-order valence-corrected chi connectivity index (χ4v) is 1.65. The molecule has 1 aromatic rings. The van der Waals surface area contributed by atoms with E-state index >= 15 is 0 Å². The second-order valence-corrected chi connectivity index (χ2v) is 4.52. The molecule has 0 aliphatic carbocycles. The predicted octanol–water partition coefficient (Wildman–Crippen LogP) is 2.48. The molecule has 2 unspecified atom stereocenters. The molecule has 2 amide bonds. The first-order chi connectivity index (χ1) is 8.95. The zero-order valence-corrected chi connectivity index (χ0v) is 11.4. The third-order valence-electron chi connectivity index (χ3n) is 3.14. The lowest BCUT2D eigenvalue weighted by molar-refractivity contribution is -0.141. The standard InChI is InChI=1S/C14H20N2O3/c1-4-11-7-5-6-8-12(11)16-14(19)15-10(3)9(2)13(17)18/h5-10H,4H2,1-3H3,(H,17,18)(H2,15,16,19). The third-order valence-corrected chi connectivity index (χ3v) is 3.14. The summed E-state index contributed by atoms with van der Waals surface area (Å²) in [5.74, 6) is -1.56. The number of hydrogen-bond donors (Lipinski definition) is 3. The van der Waals surface area contributed by atoms with Crippen LogP contribution in [0.15, 0.2) is 24.3 Å². The number of carbonyl (C=O) groups excluding carboxylic acids is 1. The van der Waals surface area contributed by atoms with Crippen molar-refractivity contribution >= 4 is 17.7 Å². The maximum atomic E-state index is 11.8. The van der Waals surface area contributed by atoms with Gasteiger partial charge in [0.1, 0.15) is 0 Å². The lowest BCUT2D eigenvalue weighted by Crippen LogP contribution is -2.42. The van der Waals surface area contributed by atoms with E-state index in [9.17, 15) is 9.59 Å². The summed E-state index contributed by atoms with van der Waals surface area (Å²) in [5, 5.41) is 14.2. The summed E-state index contributed by atoms with van der Waals surface area (Å²) in [6.07, 6.45) is 0.817. The first-order valence-corrected chi connectivity index (χ1v) is 6.34. The Morgan fingerprint density at radius 2 is 1.89 bits per heavy atom. The van der Waals surface area contributed by atoms with Crippen LogP contribution in [0.25, 0.3) is 0 Å². The SMILES string of the molecule is CCc1ccccc1NC(=O)NC(C)C(C)C(=O)O. The van der Waals surface area contributed by atoms with Crippen molar-refractivity contribution in [3.05, 3.63) is 29.8 Å². The lowest BCUT2D eigenvalue weighted by atomic mass is 10.0. The zero-order valence-electron chi connectivity index (χ0n) is 11.4. The molecule has 19 heavy (non-hydrogen) atoms. The Bertz CT molecular complexity index is 460. The van der Waals surface area contributed by atoms with E-state index in [1.807, 2.05) is 31.2 Å². The summed E-state index contributed by atoms with van der Waals surface area (Å²) in [4.78, 5) is 22.6. The van der Waals surface area contributed by atoms with Crippen LogP contribution < -0.4 is 10.6 Å². The highest BCUT2D eigenvalue weighted by molar-refractivity contribution is 5.90.